The SMILES string of the molecule is C(=C/c1ccccc1)/N=C/c1ccc(-c2nc(-c3ccc(-c4nccc5ccccc45)cc3)nc(-c3cccc4ccccc34)n2)cc1. The number of hydrogen-bond donors (Lipinski definition) is 0. The smallest absolute Gasteiger partial charge is 0.164 e. The van der Waals surface area contributed by atoms with Crippen molar-refractivity contribution in [3.05, 3.63) is 175 Å². The molecule has 0 saturated heterocycles. The molecule has 0 fully saturated rings. The molecule has 5 nitrogen and oxygen atoms in total. The summed E-state index contributed by atoms with van der Waals surface area (Å²) in [5.74, 6) is 1.84. The summed E-state index contributed by atoms with van der Waals surface area (Å²) >= 11 is 0. The summed E-state index contributed by atoms with van der Waals surface area (Å²) in [4.78, 5) is 24.2. The molecule has 0 aliphatic heterocycles. The maximum absolute atomic E-state index is 5.03. The van der Waals surface area contributed by atoms with Gasteiger partial charge in [0.2, 0.25) is 0 Å². The van der Waals surface area contributed by atoms with Crippen molar-refractivity contribution in [1.29, 1.82) is 0 Å². The standard InChI is InChI=1S/C43H29N5/c1-2-9-30(10-3-1)25-27-44-29-31-17-19-35(20-18-31)41-46-42(48-43(47-41)39-16-8-13-32-11-4-6-14-37(32)39)36-23-21-34(22-24-36)40-38-15-7-5-12-33(38)26-28-45-40/h1-29H/b27-25-,44-29+. The highest BCUT2D eigenvalue weighted by molar-refractivity contribution is 5.96. The lowest BCUT2D eigenvalue weighted by molar-refractivity contribution is 1.08. The monoisotopic (exact) mass is 615 g/mol. The lowest BCUT2D eigenvalue weighted by atomic mass is 10.0. The third kappa shape index (κ3) is 6.00. The molecule has 0 bridgehead atoms. The first kappa shape index (κ1) is 28.9. The van der Waals surface area contributed by atoms with E-state index in [4.69, 9.17) is 19.9 Å². The van der Waals surface area contributed by atoms with Gasteiger partial charge in [0, 0.05) is 46.3 Å². The van der Waals surface area contributed by atoms with Crippen LogP contribution in [0.4, 0.5) is 0 Å². The van der Waals surface area contributed by atoms with E-state index >= 15 is 0 Å². The number of rotatable bonds is 7. The van der Waals surface area contributed by atoms with Crippen molar-refractivity contribution in [2.45, 2.75) is 0 Å². The van der Waals surface area contributed by atoms with Gasteiger partial charge in [-0.2, -0.15) is 0 Å². The average molecular weight is 616 g/mol. The zero-order valence-electron chi connectivity index (χ0n) is 26.0. The van der Waals surface area contributed by atoms with E-state index in [0.29, 0.717) is 17.5 Å². The van der Waals surface area contributed by atoms with Gasteiger partial charge >= 0.3 is 0 Å². The first-order valence-electron chi connectivity index (χ1n) is 15.8. The third-order valence-electron chi connectivity index (χ3n) is 8.30. The predicted molar refractivity (Wildman–Crippen MR) is 197 cm³/mol. The Balaban J connectivity index is 1.16. The second-order valence-corrected chi connectivity index (χ2v) is 11.4. The third-order valence-corrected chi connectivity index (χ3v) is 8.30. The molecule has 48 heavy (non-hydrogen) atoms. The number of benzene rings is 6. The quantitative estimate of drug-likeness (QED) is 0.167. The van der Waals surface area contributed by atoms with E-state index < -0.39 is 0 Å². The zero-order valence-corrected chi connectivity index (χ0v) is 26.0. The molecule has 0 radical (unpaired) electrons. The average Bonchev–Trinajstić information content (AvgIpc) is 3.16. The van der Waals surface area contributed by atoms with Crippen LogP contribution in [0.1, 0.15) is 11.1 Å². The highest BCUT2D eigenvalue weighted by Gasteiger charge is 2.15. The van der Waals surface area contributed by atoms with Gasteiger partial charge in [0.15, 0.2) is 17.5 Å². The molecule has 0 aliphatic carbocycles. The molecule has 8 rings (SSSR count). The summed E-state index contributed by atoms with van der Waals surface area (Å²) in [5.41, 5.74) is 6.84. The van der Waals surface area contributed by atoms with Crippen molar-refractivity contribution >= 4 is 33.8 Å². The number of pyridine rings is 1. The van der Waals surface area contributed by atoms with Crippen LogP contribution in [0.15, 0.2) is 169 Å². The van der Waals surface area contributed by atoms with Gasteiger partial charge in [0.05, 0.1) is 5.69 Å². The lowest BCUT2D eigenvalue weighted by Gasteiger charge is -2.11. The van der Waals surface area contributed by atoms with Gasteiger partial charge < -0.3 is 0 Å². The Bertz CT molecular complexity index is 2420. The summed E-state index contributed by atoms with van der Waals surface area (Å²) in [6.45, 7) is 0. The van der Waals surface area contributed by atoms with Crippen LogP contribution in [0.25, 0.3) is 73.0 Å². The van der Waals surface area contributed by atoms with Crippen LogP contribution in [0.5, 0.6) is 0 Å². The summed E-state index contributed by atoms with van der Waals surface area (Å²) in [6, 6.07) is 51.4. The highest BCUT2D eigenvalue weighted by Crippen LogP contribution is 2.31. The topological polar surface area (TPSA) is 63.9 Å². The van der Waals surface area contributed by atoms with Crippen LogP contribution >= 0.6 is 0 Å². The fourth-order valence-corrected chi connectivity index (χ4v) is 5.84. The van der Waals surface area contributed by atoms with Crippen LogP contribution < -0.4 is 0 Å². The van der Waals surface area contributed by atoms with Crippen molar-refractivity contribution in [2.75, 3.05) is 0 Å². The number of aliphatic imine (C=N–C) groups is 1. The molecule has 0 atom stereocenters. The minimum Gasteiger partial charge on any atom is -0.264 e. The van der Waals surface area contributed by atoms with Crippen LogP contribution in [0, 0.1) is 0 Å². The molecule has 0 aliphatic rings. The van der Waals surface area contributed by atoms with Crippen LogP contribution in [0.2, 0.25) is 0 Å². The van der Waals surface area contributed by atoms with Gasteiger partial charge in [-0.25, -0.2) is 15.0 Å². The molecule has 0 amide bonds. The fourth-order valence-electron chi connectivity index (χ4n) is 5.84. The van der Waals surface area contributed by atoms with E-state index in [1.54, 1.807) is 6.20 Å². The van der Waals surface area contributed by atoms with Gasteiger partial charge in [0.1, 0.15) is 0 Å². The summed E-state index contributed by atoms with van der Waals surface area (Å²) in [7, 11) is 0. The van der Waals surface area contributed by atoms with Crippen LogP contribution in [0.3, 0.4) is 0 Å². The number of hydrogen-bond acceptors (Lipinski definition) is 5. The van der Waals surface area contributed by atoms with Gasteiger partial charge in [-0.3, -0.25) is 9.98 Å². The zero-order chi connectivity index (χ0) is 32.1. The van der Waals surface area contributed by atoms with Crippen molar-refractivity contribution in [3.8, 4) is 45.4 Å². The molecule has 0 N–H and O–H groups in total. The Morgan fingerprint density at radius 3 is 1.77 bits per heavy atom. The summed E-state index contributed by atoms with van der Waals surface area (Å²) in [6.07, 6.45) is 7.49. The molecule has 2 aromatic heterocycles. The highest BCUT2D eigenvalue weighted by atomic mass is 15.0. The Labute approximate surface area is 278 Å². The van der Waals surface area contributed by atoms with Gasteiger partial charge in [-0.05, 0) is 39.4 Å². The molecule has 2 heterocycles. The molecule has 0 unspecified atom stereocenters. The normalized spacial score (nSPS) is 11.6. The number of fused-ring (bicyclic) bond motifs is 2. The molecule has 8 aromatic rings. The molecular formula is C43H29N5. The first-order chi connectivity index (χ1) is 23.8. The van der Waals surface area contributed by atoms with Crippen molar-refractivity contribution in [1.82, 2.24) is 19.9 Å². The van der Waals surface area contributed by atoms with Crippen molar-refractivity contribution in [2.24, 2.45) is 4.99 Å². The van der Waals surface area contributed by atoms with E-state index in [-0.39, 0.29) is 0 Å². The van der Waals surface area contributed by atoms with Crippen LogP contribution in [-0.4, -0.2) is 26.2 Å². The Kier molecular flexibility index (Phi) is 7.83. The van der Waals surface area contributed by atoms with Crippen LogP contribution in [-0.2, 0) is 0 Å². The summed E-state index contributed by atoms with van der Waals surface area (Å²) < 4.78 is 0. The largest absolute Gasteiger partial charge is 0.264 e. The van der Waals surface area contributed by atoms with E-state index in [1.807, 2.05) is 109 Å². The van der Waals surface area contributed by atoms with Crippen molar-refractivity contribution in [3.63, 3.8) is 0 Å². The van der Waals surface area contributed by atoms with Gasteiger partial charge in [0.25, 0.3) is 0 Å². The maximum atomic E-state index is 5.03. The second kappa shape index (κ2) is 13.0. The number of nitrogens with zero attached hydrogens (tertiary/aromatic N) is 5. The van der Waals surface area contributed by atoms with Gasteiger partial charge in [-0.15, -0.1) is 0 Å². The molecular weight excluding hydrogens is 587 g/mol. The fraction of sp³-hybridized carbons (Fsp3) is 0. The Hall–Kier alpha value is -6.59. The predicted octanol–water partition coefficient (Wildman–Crippen LogP) is 10.3. The first-order valence-corrected chi connectivity index (χ1v) is 15.8. The lowest BCUT2D eigenvalue weighted by Crippen LogP contribution is -2.00. The summed E-state index contributed by atoms with van der Waals surface area (Å²) in [5, 5.41) is 4.51. The molecule has 226 valence electrons. The Morgan fingerprint density at radius 2 is 1.02 bits per heavy atom. The van der Waals surface area contributed by atoms with E-state index in [9.17, 15) is 0 Å². The van der Waals surface area contributed by atoms with E-state index in [2.05, 4.69) is 65.7 Å². The van der Waals surface area contributed by atoms with Gasteiger partial charge in [-0.1, -0.05) is 146 Å². The minimum absolute atomic E-state index is 0.607. The number of aromatic nitrogens is 4. The molecule has 6 aromatic carbocycles. The molecule has 5 heteroatoms. The Morgan fingerprint density at radius 1 is 0.438 bits per heavy atom. The van der Waals surface area contributed by atoms with Crippen molar-refractivity contribution < 1.29 is 0 Å². The van der Waals surface area contributed by atoms with E-state index in [1.165, 1.54) is 0 Å². The molecule has 0 saturated carbocycles. The second-order valence-electron chi connectivity index (χ2n) is 11.4. The maximum Gasteiger partial charge on any atom is 0.164 e. The minimum atomic E-state index is 0.607. The molecule has 0 spiro atoms. The van der Waals surface area contributed by atoms with E-state index in [0.717, 1.165) is 60.6 Å².